The SMILES string of the molecule is O=C(CSc1ncn[nH]1)N/N=C/c1ccc(Cl)cc1. The zero-order valence-corrected chi connectivity index (χ0v) is 11.3. The normalized spacial score (nSPS) is 10.8. The number of amides is 1. The van der Waals surface area contributed by atoms with Crippen LogP contribution in [0.2, 0.25) is 5.02 Å². The number of carbonyl (C=O) groups is 1. The van der Waals surface area contributed by atoms with Crippen molar-refractivity contribution in [3.8, 4) is 0 Å². The second-order valence-corrected chi connectivity index (χ2v) is 4.82. The van der Waals surface area contributed by atoms with E-state index in [1.54, 1.807) is 30.5 Å². The van der Waals surface area contributed by atoms with E-state index in [0.29, 0.717) is 10.2 Å². The average Bonchev–Trinajstić information content (AvgIpc) is 2.92. The molecule has 19 heavy (non-hydrogen) atoms. The highest BCUT2D eigenvalue weighted by Crippen LogP contribution is 2.09. The number of carbonyl (C=O) groups excluding carboxylic acids is 1. The van der Waals surface area contributed by atoms with Crippen molar-refractivity contribution >= 4 is 35.5 Å². The molecule has 1 heterocycles. The number of H-pyrrole nitrogens is 1. The van der Waals surface area contributed by atoms with Crippen molar-refractivity contribution in [2.45, 2.75) is 5.16 Å². The standard InChI is InChI=1S/C11H10ClN5OS/c12-9-3-1-8(2-4-9)5-14-16-10(18)6-19-11-13-7-15-17-11/h1-5,7H,6H2,(H,16,18)(H,13,15,17)/b14-5+. The van der Waals surface area contributed by atoms with Crippen LogP contribution in [0, 0.1) is 0 Å². The summed E-state index contributed by atoms with van der Waals surface area (Å²) in [5, 5.41) is 11.4. The van der Waals surface area contributed by atoms with Gasteiger partial charge < -0.3 is 0 Å². The first-order valence-corrected chi connectivity index (χ1v) is 6.66. The lowest BCUT2D eigenvalue weighted by Gasteiger charge is -1.97. The first-order valence-electron chi connectivity index (χ1n) is 5.29. The fourth-order valence-corrected chi connectivity index (χ4v) is 1.85. The number of hydrogen-bond acceptors (Lipinski definition) is 5. The monoisotopic (exact) mass is 295 g/mol. The van der Waals surface area contributed by atoms with Crippen LogP contribution in [0.1, 0.15) is 5.56 Å². The lowest BCUT2D eigenvalue weighted by atomic mass is 10.2. The molecule has 0 saturated heterocycles. The van der Waals surface area contributed by atoms with Crippen molar-refractivity contribution in [2.24, 2.45) is 5.10 Å². The quantitative estimate of drug-likeness (QED) is 0.500. The molecule has 0 saturated carbocycles. The van der Waals surface area contributed by atoms with Gasteiger partial charge in [0.05, 0.1) is 12.0 Å². The highest BCUT2D eigenvalue weighted by atomic mass is 35.5. The summed E-state index contributed by atoms with van der Waals surface area (Å²) < 4.78 is 0. The predicted octanol–water partition coefficient (Wildman–Crippen LogP) is 1.70. The highest BCUT2D eigenvalue weighted by Gasteiger charge is 2.02. The minimum Gasteiger partial charge on any atom is -0.272 e. The number of hydrogen-bond donors (Lipinski definition) is 2. The number of hydrazone groups is 1. The summed E-state index contributed by atoms with van der Waals surface area (Å²) in [5.41, 5.74) is 3.28. The Morgan fingerprint density at radius 3 is 2.95 bits per heavy atom. The molecule has 1 aromatic heterocycles. The van der Waals surface area contributed by atoms with E-state index in [1.165, 1.54) is 18.1 Å². The van der Waals surface area contributed by atoms with Gasteiger partial charge in [-0.15, -0.1) is 0 Å². The van der Waals surface area contributed by atoms with Gasteiger partial charge in [-0.25, -0.2) is 10.4 Å². The molecule has 0 fully saturated rings. The van der Waals surface area contributed by atoms with Crippen molar-refractivity contribution in [1.29, 1.82) is 0 Å². The first-order chi connectivity index (χ1) is 9.24. The van der Waals surface area contributed by atoms with Gasteiger partial charge in [0, 0.05) is 5.02 Å². The Bertz CT molecular complexity index is 555. The van der Waals surface area contributed by atoms with Gasteiger partial charge in [0.25, 0.3) is 5.91 Å². The largest absolute Gasteiger partial charge is 0.272 e. The Kier molecular flexibility index (Phi) is 4.93. The second kappa shape index (κ2) is 6.91. The van der Waals surface area contributed by atoms with Crippen LogP contribution in [0.15, 0.2) is 40.9 Å². The zero-order valence-electron chi connectivity index (χ0n) is 9.71. The van der Waals surface area contributed by atoms with Crippen molar-refractivity contribution in [3.05, 3.63) is 41.2 Å². The third kappa shape index (κ3) is 4.72. The van der Waals surface area contributed by atoms with Gasteiger partial charge in [0.1, 0.15) is 6.33 Å². The molecule has 6 nitrogen and oxygen atoms in total. The molecule has 0 aliphatic heterocycles. The van der Waals surface area contributed by atoms with Gasteiger partial charge in [-0.05, 0) is 17.7 Å². The third-order valence-corrected chi connectivity index (χ3v) is 3.13. The maximum Gasteiger partial charge on any atom is 0.250 e. The lowest BCUT2D eigenvalue weighted by molar-refractivity contribution is -0.118. The number of aromatic amines is 1. The van der Waals surface area contributed by atoms with Crippen LogP contribution < -0.4 is 5.43 Å². The molecule has 0 unspecified atom stereocenters. The van der Waals surface area contributed by atoms with Crippen molar-refractivity contribution in [1.82, 2.24) is 20.6 Å². The van der Waals surface area contributed by atoms with E-state index in [0.717, 1.165) is 5.56 Å². The van der Waals surface area contributed by atoms with E-state index >= 15 is 0 Å². The number of aromatic nitrogens is 3. The van der Waals surface area contributed by atoms with E-state index in [-0.39, 0.29) is 11.7 Å². The van der Waals surface area contributed by atoms with Crippen LogP contribution in [0.5, 0.6) is 0 Å². The topological polar surface area (TPSA) is 83.0 Å². The molecule has 98 valence electrons. The lowest BCUT2D eigenvalue weighted by Crippen LogP contribution is -2.19. The summed E-state index contributed by atoms with van der Waals surface area (Å²) in [4.78, 5) is 15.3. The molecule has 0 aliphatic carbocycles. The summed E-state index contributed by atoms with van der Waals surface area (Å²) >= 11 is 7.01. The summed E-state index contributed by atoms with van der Waals surface area (Å²) in [6.45, 7) is 0. The number of nitrogens with zero attached hydrogens (tertiary/aromatic N) is 3. The molecule has 1 amide bonds. The van der Waals surface area contributed by atoms with Crippen LogP contribution in [-0.2, 0) is 4.79 Å². The Hall–Kier alpha value is -1.86. The highest BCUT2D eigenvalue weighted by molar-refractivity contribution is 7.99. The van der Waals surface area contributed by atoms with E-state index in [4.69, 9.17) is 11.6 Å². The molecular formula is C11H10ClN5OS. The molecule has 0 aliphatic rings. The number of benzene rings is 1. The molecule has 0 atom stereocenters. The Labute approximate surface area is 118 Å². The fraction of sp³-hybridized carbons (Fsp3) is 0.0909. The molecule has 2 N–H and O–H groups in total. The maximum atomic E-state index is 11.5. The minimum absolute atomic E-state index is 0.215. The van der Waals surface area contributed by atoms with Gasteiger partial charge >= 0.3 is 0 Å². The molecule has 0 bridgehead atoms. The van der Waals surface area contributed by atoms with Crippen LogP contribution in [0.3, 0.4) is 0 Å². The van der Waals surface area contributed by atoms with E-state index in [2.05, 4.69) is 25.7 Å². The van der Waals surface area contributed by atoms with Gasteiger partial charge in [-0.2, -0.15) is 10.2 Å². The number of rotatable bonds is 5. The van der Waals surface area contributed by atoms with Gasteiger partial charge in [0.15, 0.2) is 5.16 Å². The number of thioether (sulfide) groups is 1. The van der Waals surface area contributed by atoms with Crippen LogP contribution in [0.25, 0.3) is 0 Å². The van der Waals surface area contributed by atoms with Crippen molar-refractivity contribution < 1.29 is 4.79 Å². The molecule has 8 heteroatoms. The number of halogens is 1. The van der Waals surface area contributed by atoms with Crippen molar-refractivity contribution in [2.75, 3.05) is 5.75 Å². The van der Waals surface area contributed by atoms with Gasteiger partial charge in [-0.1, -0.05) is 35.5 Å². The summed E-state index contributed by atoms with van der Waals surface area (Å²) in [7, 11) is 0. The molecule has 2 aromatic rings. The van der Waals surface area contributed by atoms with E-state index in [1.807, 2.05) is 0 Å². The third-order valence-electron chi connectivity index (χ3n) is 2.01. The average molecular weight is 296 g/mol. The second-order valence-electron chi connectivity index (χ2n) is 3.42. The number of nitrogens with one attached hydrogen (secondary N) is 2. The zero-order chi connectivity index (χ0) is 13.5. The Morgan fingerprint density at radius 2 is 2.26 bits per heavy atom. The Morgan fingerprint density at radius 1 is 1.47 bits per heavy atom. The van der Waals surface area contributed by atoms with Crippen LogP contribution in [-0.4, -0.2) is 33.1 Å². The predicted molar refractivity (Wildman–Crippen MR) is 74.3 cm³/mol. The van der Waals surface area contributed by atoms with E-state index < -0.39 is 0 Å². The maximum absolute atomic E-state index is 11.5. The van der Waals surface area contributed by atoms with Gasteiger partial charge in [0.2, 0.25) is 0 Å². The van der Waals surface area contributed by atoms with Gasteiger partial charge in [-0.3, -0.25) is 9.89 Å². The van der Waals surface area contributed by atoms with Crippen LogP contribution >= 0.6 is 23.4 Å². The first kappa shape index (κ1) is 13.6. The molecular weight excluding hydrogens is 286 g/mol. The summed E-state index contributed by atoms with van der Waals surface area (Å²) in [6.07, 6.45) is 2.94. The fourth-order valence-electron chi connectivity index (χ4n) is 1.16. The smallest absolute Gasteiger partial charge is 0.250 e. The van der Waals surface area contributed by atoms with Crippen LogP contribution in [0.4, 0.5) is 0 Å². The van der Waals surface area contributed by atoms with E-state index in [9.17, 15) is 4.79 Å². The minimum atomic E-state index is -0.216. The molecule has 1 aromatic carbocycles. The van der Waals surface area contributed by atoms with Crippen molar-refractivity contribution in [3.63, 3.8) is 0 Å². The molecule has 0 radical (unpaired) electrons. The summed E-state index contributed by atoms with van der Waals surface area (Å²) in [6, 6.07) is 7.12. The Balaban J connectivity index is 1.75. The molecule has 2 rings (SSSR count). The molecule has 0 spiro atoms. The summed E-state index contributed by atoms with van der Waals surface area (Å²) in [5.74, 6) is -0.000671.